The number of hydrogen-bond donors (Lipinski definition) is 1. The first-order valence-electron chi connectivity index (χ1n) is 6.92. The lowest BCUT2D eigenvalue weighted by molar-refractivity contribution is 0.225. The van der Waals surface area contributed by atoms with E-state index < -0.39 is 0 Å². The number of piperazine rings is 1. The molecule has 2 aliphatic rings. The highest BCUT2D eigenvalue weighted by Gasteiger charge is 2.27. The summed E-state index contributed by atoms with van der Waals surface area (Å²) in [6.07, 6.45) is 3.87. The molecule has 1 fully saturated rings. The Balaban J connectivity index is 1.69. The Hall–Kier alpha value is -0.380. The van der Waals surface area contributed by atoms with Crippen LogP contribution in [-0.2, 0) is 6.42 Å². The maximum Gasteiger partial charge on any atom is 0.0201 e. The zero-order valence-corrected chi connectivity index (χ0v) is 12.5. The minimum Gasteiger partial charge on any atom is -0.311 e. The topological polar surface area (TPSA) is 15.3 Å². The Morgan fingerprint density at radius 1 is 1.44 bits per heavy atom. The predicted octanol–water partition coefficient (Wildman–Crippen LogP) is 2.77. The summed E-state index contributed by atoms with van der Waals surface area (Å²) in [7, 11) is 2.23. The Morgan fingerprint density at radius 2 is 2.33 bits per heavy atom. The number of nitrogens with one attached hydrogen (secondary N) is 1. The van der Waals surface area contributed by atoms with Crippen LogP contribution in [0, 0.1) is 0 Å². The fraction of sp³-hybridized carbons (Fsp3) is 0.600. The number of halogens is 1. The van der Waals surface area contributed by atoms with Crippen molar-refractivity contribution in [1.82, 2.24) is 10.2 Å². The van der Waals surface area contributed by atoms with Gasteiger partial charge in [-0.2, -0.15) is 0 Å². The number of benzene rings is 1. The average molecular weight is 309 g/mol. The second kappa shape index (κ2) is 5.32. The summed E-state index contributed by atoms with van der Waals surface area (Å²) < 4.78 is 1.22. The molecule has 18 heavy (non-hydrogen) atoms. The molecule has 0 spiro atoms. The molecule has 1 aliphatic carbocycles. The predicted molar refractivity (Wildman–Crippen MR) is 79.1 cm³/mol. The Morgan fingerprint density at radius 3 is 3.17 bits per heavy atom. The SMILES string of the molecule is CN1CCN[C@@H](CC2CCc3cc(Br)ccc32)C1. The fourth-order valence-electron chi connectivity index (χ4n) is 3.41. The number of likely N-dealkylation sites (N-methyl/N-ethyl adjacent to an activating group) is 1. The third-order valence-electron chi connectivity index (χ3n) is 4.33. The van der Waals surface area contributed by atoms with E-state index in [1.807, 2.05) is 0 Å². The molecule has 0 bridgehead atoms. The van der Waals surface area contributed by atoms with Gasteiger partial charge in [0.05, 0.1) is 0 Å². The van der Waals surface area contributed by atoms with E-state index in [0.717, 1.165) is 12.5 Å². The molecule has 0 radical (unpaired) electrons. The van der Waals surface area contributed by atoms with Gasteiger partial charge in [-0.3, -0.25) is 0 Å². The minimum atomic E-state index is 0.670. The standard InChI is InChI=1S/C15H21BrN2/c1-18-7-6-17-14(10-18)9-12-3-2-11-8-13(16)4-5-15(11)12/h4-5,8,12,14,17H,2-3,6-7,9-10H2,1H3/t12?,14-/m0/s1. The summed E-state index contributed by atoms with van der Waals surface area (Å²) >= 11 is 3.57. The van der Waals surface area contributed by atoms with Crippen molar-refractivity contribution in [1.29, 1.82) is 0 Å². The fourth-order valence-corrected chi connectivity index (χ4v) is 3.82. The number of hydrogen-bond acceptors (Lipinski definition) is 2. The van der Waals surface area contributed by atoms with Crippen LogP contribution < -0.4 is 5.32 Å². The Labute approximate surface area is 118 Å². The van der Waals surface area contributed by atoms with Crippen LogP contribution in [0.15, 0.2) is 22.7 Å². The lowest BCUT2D eigenvalue weighted by atomic mass is 9.93. The van der Waals surface area contributed by atoms with Gasteiger partial charge in [-0.05, 0) is 55.5 Å². The molecule has 1 saturated heterocycles. The highest BCUT2D eigenvalue weighted by Crippen LogP contribution is 2.37. The van der Waals surface area contributed by atoms with E-state index in [-0.39, 0.29) is 0 Å². The first kappa shape index (κ1) is 12.6. The van der Waals surface area contributed by atoms with Crippen LogP contribution in [0.25, 0.3) is 0 Å². The lowest BCUT2D eigenvalue weighted by Crippen LogP contribution is -2.49. The molecule has 1 heterocycles. The molecule has 2 atom stereocenters. The monoisotopic (exact) mass is 308 g/mol. The molecule has 98 valence electrons. The average Bonchev–Trinajstić information content (AvgIpc) is 2.72. The number of fused-ring (bicyclic) bond motifs is 1. The van der Waals surface area contributed by atoms with Crippen molar-refractivity contribution in [2.75, 3.05) is 26.7 Å². The van der Waals surface area contributed by atoms with E-state index in [1.54, 1.807) is 11.1 Å². The van der Waals surface area contributed by atoms with Gasteiger partial charge in [0.15, 0.2) is 0 Å². The maximum absolute atomic E-state index is 3.67. The van der Waals surface area contributed by atoms with Crippen LogP contribution in [0.3, 0.4) is 0 Å². The van der Waals surface area contributed by atoms with E-state index in [2.05, 4.69) is 51.4 Å². The van der Waals surface area contributed by atoms with E-state index in [1.165, 1.54) is 36.8 Å². The van der Waals surface area contributed by atoms with Crippen LogP contribution in [0.5, 0.6) is 0 Å². The second-order valence-electron chi connectivity index (χ2n) is 5.73. The maximum atomic E-state index is 3.67. The second-order valence-corrected chi connectivity index (χ2v) is 6.64. The summed E-state index contributed by atoms with van der Waals surface area (Å²) in [5.74, 6) is 0.761. The van der Waals surface area contributed by atoms with Gasteiger partial charge >= 0.3 is 0 Å². The van der Waals surface area contributed by atoms with Crippen molar-refractivity contribution in [3.05, 3.63) is 33.8 Å². The highest BCUT2D eigenvalue weighted by atomic mass is 79.9. The third kappa shape index (κ3) is 2.63. The van der Waals surface area contributed by atoms with Gasteiger partial charge in [0.1, 0.15) is 0 Å². The van der Waals surface area contributed by atoms with E-state index >= 15 is 0 Å². The summed E-state index contributed by atoms with van der Waals surface area (Å²) in [6, 6.07) is 7.49. The minimum absolute atomic E-state index is 0.670. The zero-order chi connectivity index (χ0) is 12.5. The highest BCUT2D eigenvalue weighted by molar-refractivity contribution is 9.10. The van der Waals surface area contributed by atoms with Crippen LogP contribution in [0.1, 0.15) is 29.9 Å². The Kier molecular flexibility index (Phi) is 3.73. The van der Waals surface area contributed by atoms with Gasteiger partial charge in [0.2, 0.25) is 0 Å². The van der Waals surface area contributed by atoms with Gasteiger partial charge in [0.25, 0.3) is 0 Å². The summed E-state index contributed by atoms with van der Waals surface area (Å²) in [6.45, 7) is 3.52. The first-order valence-corrected chi connectivity index (χ1v) is 7.72. The van der Waals surface area contributed by atoms with Crippen molar-refractivity contribution in [2.24, 2.45) is 0 Å². The van der Waals surface area contributed by atoms with Gasteiger partial charge in [0, 0.05) is 30.1 Å². The molecule has 0 aromatic heterocycles. The quantitative estimate of drug-likeness (QED) is 0.904. The molecule has 0 amide bonds. The molecular weight excluding hydrogens is 288 g/mol. The van der Waals surface area contributed by atoms with Crippen molar-refractivity contribution >= 4 is 15.9 Å². The number of aryl methyl sites for hydroxylation is 1. The molecule has 2 nitrogen and oxygen atoms in total. The van der Waals surface area contributed by atoms with E-state index in [4.69, 9.17) is 0 Å². The van der Waals surface area contributed by atoms with E-state index in [0.29, 0.717) is 6.04 Å². The summed E-state index contributed by atoms with van der Waals surface area (Å²) in [5.41, 5.74) is 3.15. The van der Waals surface area contributed by atoms with Crippen molar-refractivity contribution in [3.8, 4) is 0 Å². The van der Waals surface area contributed by atoms with Crippen LogP contribution in [0.2, 0.25) is 0 Å². The van der Waals surface area contributed by atoms with Gasteiger partial charge in [-0.25, -0.2) is 0 Å². The normalized spacial score (nSPS) is 28.3. The smallest absolute Gasteiger partial charge is 0.0201 e. The Bertz CT molecular complexity index is 433. The first-order chi connectivity index (χ1) is 8.72. The van der Waals surface area contributed by atoms with Gasteiger partial charge < -0.3 is 10.2 Å². The third-order valence-corrected chi connectivity index (χ3v) is 4.83. The molecule has 1 aliphatic heterocycles. The van der Waals surface area contributed by atoms with Crippen molar-refractivity contribution < 1.29 is 0 Å². The zero-order valence-electron chi connectivity index (χ0n) is 11.0. The van der Waals surface area contributed by atoms with Gasteiger partial charge in [-0.15, -0.1) is 0 Å². The molecule has 3 heteroatoms. The lowest BCUT2D eigenvalue weighted by Gasteiger charge is -2.32. The van der Waals surface area contributed by atoms with Crippen molar-refractivity contribution in [3.63, 3.8) is 0 Å². The van der Waals surface area contributed by atoms with Gasteiger partial charge in [-0.1, -0.05) is 22.0 Å². The molecule has 1 N–H and O–H groups in total. The van der Waals surface area contributed by atoms with Crippen LogP contribution >= 0.6 is 15.9 Å². The molecule has 0 saturated carbocycles. The van der Waals surface area contributed by atoms with Crippen LogP contribution in [0.4, 0.5) is 0 Å². The number of nitrogens with zero attached hydrogens (tertiary/aromatic N) is 1. The van der Waals surface area contributed by atoms with E-state index in [9.17, 15) is 0 Å². The summed E-state index contributed by atoms with van der Waals surface area (Å²) in [5, 5.41) is 3.67. The largest absolute Gasteiger partial charge is 0.311 e. The molecular formula is C15H21BrN2. The molecule has 1 aromatic carbocycles. The number of rotatable bonds is 2. The molecule has 1 aromatic rings. The van der Waals surface area contributed by atoms with Crippen molar-refractivity contribution in [2.45, 2.75) is 31.2 Å². The molecule has 3 rings (SSSR count). The molecule has 1 unspecified atom stereocenters. The summed E-state index contributed by atoms with van der Waals surface area (Å²) in [4.78, 5) is 2.44. The van der Waals surface area contributed by atoms with Crippen LogP contribution in [-0.4, -0.2) is 37.6 Å².